The van der Waals surface area contributed by atoms with Crippen LogP contribution in [-0.2, 0) is 11.3 Å². The molecule has 2 N–H and O–H groups in total. The first-order valence-corrected chi connectivity index (χ1v) is 9.37. The fourth-order valence-corrected chi connectivity index (χ4v) is 3.69. The lowest BCUT2D eigenvalue weighted by molar-refractivity contribution is 0.120. The van der Waals surface area contributed by atoms with E-state index in [1.807, 2.05) is 0 Å². The van der Waals surface area contributed by atoms with Gasteiger partial charge in [0.15, 0.2) is 5.84 Å². The van der Waals surface area contributed by atoms with E-state index in [-0.39, 0.29) is 0 Å². The van der Waals surface area contributed by atoms with Crippen LogP contribution in [0.5, 0.6) is 0 Å². The maximum absolute atomic E-state index is 5.71. The molecule has 136 valence electrons. The number of nitrogens with zero attached hydrogens (tertiary/aromatic N) is 3. The number of hydrogen-bond donors (Lipinski definition) is 2. The van der Waals surface area contributed by atoms with Crippen LogP contribution in [0.2, 0.25) is 0 Å². The van der Waals surface area contributed by atoms with Crippen LogP contribution in [0.4, 0.5) is 11.4 Å². The Kier molecular flexibility index (Phi) is 4.18. The molecule has 5 rings (SSSR count). The second-order valence-electron chi connectivity index (χ2n) is 6.90. The first kappa shape index (κ1) is 16.2. The number of amidine groups is 1. The van der Waals surface area contributed by atoms with Crippen LogP contribution in [0, 0.1) is 0 Å². The van der Waals surface area contributed by atoms with E-state index in [1.54, 1.807) is 12.4 Å². The van der Waals surface area contributed by atoms with Crippen molar-refractivity contribution in [3.8, 4) is 0 Å². The van der Waals surface area contributed by atoms with Crippen molar-refractivity contribution in [2.45, 2.75) is 25.5 Å². The summed E-state index contributed by atoms with van der Waals surface area (Å²) < 4.78 is 5.71. The van der Waals surface area contributed by atoms with Gasteiger partial charge in [-0.1, -0.05) is 18.2 Å². The number of fused-ring (bicyclic) bond motifs is 2. The number of ether oxygens (including phenoxy) is 1. The molecule has 0 spiro atoms. The van der Waals surface area contributed by atoms with Gasteiger partial charge in [0.1, 0.15) is 5.69 Å². The molecular formula is C21H21N5O. The summed E-state index contributed by atoms with van der Waals surface area (Å²) in [6.07, 6.45) is 6.03. The average Bonchev–Trinajstić information content (AvgIpc) is 3.36. The Hall–Kier alpha value is -2.99. The molecule has 0 aliphatic carbocycles. The smallest absolute Gasteiger partial charge is 0.154 e. The molecule has 2 aliphatic heterocycles. The quantitative estimate of drug-likeness (QED) is 0.745. The number of nitrogens with one attached hydrogen (secondary N) is 2. The zero-order chi connectivity index (χ0) is 18.1. The highest BCUT2D eigenvalue weighted by Crippen LogP contribution is 2.27. The lowest BCUT2D eigenvalue weighted by atomic mass is 10.1. The van der Waals surface area contributed by atoms with Gasteiger partial charge in [0.05, 0.1) is 18.3 Å². The molecule has 2 aliphatic rings. The SMILES string of the molecule is c1cc(NC[C@H]2CCCO2)c2ccc(NC3=NCc4nccnc43)cc2c1. The van der Waals surface area contributed by atoms with Crippen molar-refractivity contribution in [2.75, 3.05) is 23.8 Å². The van der Waals surface area contributed by atoms with Gasteiger partial charge in [0.2, 0.25) is 0 Å². The molecule has 0 unspecified atom stereocenters. The van der Waals surface area contributed by atoms with Crippen molar-refractivity contribution in [1.29, 1.82) is 0 Å². The second-order valence-corrected chi connectivity index (χ2v) is 6.90. The van der Waals surface area contributed by atoms with E-state index in [9.17, 15) is 0 Å². The minimum absolute atomic E-state index is 0.322. The van der Waals surface area contributed by atoms with Crippen molar-refractivity contribution in [3.05, 3.63) is 60.2 Å². The van der Waals surface area contributed by atoms with Crippen LogP contribution in [0.3, 0.4) is 0 Å². The molecule has 0 bridgehead atoms. The highest BCUT2D eigenvalue weighted by molar-refractivity contribution is 6.10. The van der Waals surface area contributed by atoms with Crippen molar-refractivity contribution >= 4 is 28.0 Å². The summed E-state index contributed by atoms with van der Waals surface area (Å²) in [6, 6.07) is 12.7. The molecule has 6 nitrogen and oxygen atoms in total. The van der Waals surface area contributed by atoms with Gasteiger partial charge in [-0.15, -0.1) is 0 Å². The number of aromatic nitrogens is 2. The Morgan fingerprint density at radius 3 is 3.00 bits per heavy atom. The lowest BCUT2D eigenvalue weighted by Gasteiger charge is -2.14. The Morgan fingerprint density at radius 1 is 1.11 bits per heavy atom. The second kappa shape index (κ2) is 6.96. The van der Waals surface area contributed by atoms with Crippen LogP contribution in [0.1, 0.15) is 24.2 Å². The number of rotatable bonds is 4. The summed E-state index contributed by atoms with van der Waals surface area (Å²) in [5, 5.41) is 9.32. The third-order valence-corrected chi connectivity index (χ3v) is 5.07. The fraction of sp³-hybridized carbons (Fsp3) is 0.286. The van der Waals surface area contributed by atoms with Crippen LogP contribution >= 0.6 is 0 Å². The molecular weight excluding hydrogens is 338 g/mol. The Bertz CT molecular complexity index is 1010. The minimum Gasteiger partial charge on any atom is -0.382 e. The van der Waals surface area contributed by atoms with Crippen molar-refractivity contribution in [2.24, 2.45) is 4.99 Å². The van der Waals surface area contributed by atoms with Crippen molar-refractivity contribution in [3.63, 3.8) is 0 Å². The number of benzene rings is 2. The fourth-order valence-electron chi connectivity index (χ4n) is 3.69. The molecule has 1 atom stereocenters. The predicted molar refractivity (Wildman–Crippen MR) is 107 cm³/mol. The topological polar surface area (TPSA) is 71.4 Å². The van der Waals surface area contributed by atoms with Gasteiger partial charge in [-0.25, -0.2) is 4.98 Å². The summed E-state index contributed by atoms with van der Waals surface area (Å²) in [5.74, 6) is 0.783. The lowest BCUT2D eigenvalue weighted by Crippen LogP contribution is -2.18. The zero-order valence-corrected chi connectivity index (χ0v) is 15.0. The van der Waals surface area contributed by atoms with E-state index >= 15 is 0 Å². The van der Waals surface area contributed by atoms with Crippen LogP contribution in [-0.4, -0.2) is 35.1 Å². The first-order valence-electron chi connectivity index (χ1n) is 9.37. The maximum Gasteiger partial charge on any atom is 0.154 e. The van der Waals surface area contributed by atoms with E-state index in [1.165, 1.54) is 10.8 Å². The van der Waals surface area contributed by atoms with Gasteiger partial charge in [0, 0.05) is 42.3 Å². The Morgan fingerprint density at radius 2 is 2.07 bits per heavy atom. The van der Waals surface area contributed by atoms with Gasteiger partial charge in [-0.2, -0.15) is 0 Å². The monoisotopic (exact) mass is 359 g/mol. The molecule has 0 radical (unpaired) electrons. The van der Waals surface area contributed by atoms with Gasteiger partial charge in [0.25, 0.3) is 0 Å². The van der Waals surface area contributed by atoms with E-state index in [2.05, 4.69) is 62.0 Å². The highest BCUT2D eigenvalue weighted by atomic mass is 16.5. The Labute approximate surface area is 157 Å². The normalized spacial score (nSPS) is 18.4. The summed E-state index contributed by atoms with van der Waals surface area (Å²) in [5.41, 5.74) is 3.89. The van der Waals surface area contributed by atoms with E-state index in [0.717, 1.165) is 54.6 Å². The molecule has 1 fully saturated rings. The predicted octanol–water partition coefficient (Wildman–Crippen LogP) is 3.59. The summed E-state index contributed by atoms with van der Waals surface area (Å²) >= 11 is 0. The minimum atomic E-state index is 0.322. The first-order chi connectivity index (χ1) is 13.4. The number of aliphatic imine (C=N–C) groups is 1. The molecule has 2 aromatic carbocycles. The van der Waals surface area contributed by atoms with Gasteiger partial charge in [-0.05, 0) is 36.4 Å². The summed E-state index contributed by atoms with van der Waals surface area (Å²) in [6.45, 7) is 2.32. The Balaban J connectivity index is 1.36. The molecule has 0 amide bonds. The van der Waals surface area contributed by atoms with E-state index in [4.69, 9.17) is 4.74 Å². The van der Waals surface area contributed by atoms with Crippen LogP contribution in [0.25, 0.3) is 10.8 Å². The standard InChI is InChI=1S/C21H21N5O/c1-3-14-11-15(26-21-20-19(13-25-21)22-8-9-23-20)6-7-17(14)18(5-1)24-12-16-4-2-10-27-16/h1,3,5-9,11,16,24H,2,4,10,12-13H2,(H,25,26)/t16-/m1/s1. The molecule has 3 heterocycles. The number of anilines is 2. The average molecular weight is 359 g/mol. The van der Waals surface area contributed by atoms with Gasteiger partial charge < -0.3 is 15.4 Å². The highest BCUT2D eigenvalue weighted by Gasteiger charge is 2.18. The molecule has 6 heteroatoms. The zero-order valence-electron chi connectivity index (χ0n) is 15.0. The largest absolute Gasteiger partial charge is 0.382 e. The summed E-state index contributed by atoms with van der Waals surface area (Å²) in [4.78, 5) is 13.3. The third-order valence-electron chi connectivity index (χ3n) is 5.07. The number of hydrogen-bond acceptors (Lipinski definition) is 6. The van der Waals surface area contributed by atoms with Gasteiger partial charge in [-0.3, -0.25) is 9.98 Å². The molecule has 3 aromatic rings. The third kappa shape index (κ3) is 3.24. The van der Waals surface area contributed by atoms with E-state index in [0.29, 0.717) is 12.6 Å². The maximum atomic E-state index is 5.71. The molecule has 27 heavy (non-hydrogen) atoms. The molecule has 1 saturated heterocycles. The van der Waals surface area contributed by atoms with Crippen LogP contribution in [0.15, 0.2) is 53.8 Å². The molecule has 1 aromatic heterocycles. The van der Waals surface area contributed by atoms with Crippen molar-refractivity contribution in [1.82, 2.24) is 9.97 Å². The summed E-state index contributed by atoms with van der Waals surface area (Å²) in [7, 11) is 0. The van der Waals surface area contributed by atoms with Gasteiger partial charge >= 0.3 is 0 Å². The van der Waals surface area contributed by atoms with Crippen molar-refractivity contribution < 1.29 is 4.74 Å². The van der Waals surface area contributed by atoms with Crippen LogP contribution < -0.4 is 10.6 Å². The van der Waals surface area contributed by atoms with E-state index < -0.39 is 0 Å². The molecule has 0 saturated carbocycles.